The largest absolute Gasteiger partial charge is 0.476 e. The van der Waals surface area contributed by atoms with Gasteiger partial charge in [-0.25, -0.2) is 9.97 Å². The second-order valence-electron chi connectivity index (χ2n) is 3.58. The van der Waals surface area contributed by atoms with Crippen LogP contribution in [0.4, 0.5) is 0 Å². The van der Waals surface area contributed by atoms with Gasteiger partial charge in [0.2, 0.25) is 5.88 Å². The van der Waals surface area contributed by atoms with Crippen LogP contribution in [0.1, 0.15) is 12.8 Å². The number of aromatic nitrogens is 2. The van der Waals surface area contributed by atoms with E-state index < -0.39 is 0 Å². The van der Waals surface area contributed by atoms with Crippen molar-refractivity contribution >= 4 is 15.9 Å². The fraction of sp³-hybridized carbons (Fsp3) is 0.600. The van der Waals surface area contributed by atoms with Gasteiger partial charge in [-0.15, -0.1) is 0 Å². The quantitative estimate of drug-likeness (QED) is 0.782. The minimum atomic E-state index is 0.635. The summed E-state index contributed by atoms with van der Waals surface area (Å²) >= 11 is 3.28. The van der Waals surface area contributed by atoms with Crippen molar-refractivity contribution in [2.24, 2.45) is 0 Å². The van der Waals surface area contributed by atoms with Crippen molar-refractivity contribution in [3.8, 4) is 5.88 Å². The summed E-state index contributed by atoms with van der Waals surface area (Å²) < 4.78 is 6.28. The number of likely N-dealkylation sites (tertiary alicyclic amines) is 1. The molecule has 0 aliphatic carbocycles. The number of halogens is 1. The van der Waals surface area contributed by atoms with E-state index in [9.17, 15) is 0 Å². The lowest BCUT2D eigenvalue weighted by Crippen LogP contribution is -2.25. The topological polar surface area (TPSA) is 38.2 Å². The van der Waals surface area contributed by atoms with Crippen molar-refractivity contribution in [1.82, 2.24) is 14.9 Å². The lowest BCUT2D eigenvalue weighted by atomic mass is 10.4. The molecule has 0 bridgehead atoms. The molecular weight excluding hydrogens is 258 g/mol. The van der Waals surface area contributed by atoms with Crippen LogP contribution in [0, 0.1) is 0 Å². The van der Waals surface area contributed by atoms with Crippen molar-refractivity contribution in [3.05, 3.63) is 17.0 Å². The highest BCUT2D eigenvalue weighted by Crippen LogP contribution is 2.12. The zero-order chi connectivity index (χ0) is 10.5. The molecule has 1 aromatic heterocycles. The zero-order valence-corrected chi connectivity index (χ0v) is 10.1. The Morgan fingerprint density at radius 3 is 2.87 bits per heavy atom. The highest BCUT2D eigenvalue weighted by molar-refractivity contribution is 9.10. The maximum absolute atomic E-state index is 5.53. The monoisotopic (exact) mass is 271 g/mol. The standard InChI is InChI=1S/C10H14BrN3O/c11-9-7-10(13-8-12-9)15-6-5-14-3-1-2-4-14/h7-8H,1-6H2. The van der Waals surface area contributed by atoms with Crippen molar-refractivity contribution in [1.29, 1.82) is 0 Å². The Labute approximate surface area is 97.8 Å². The van der Waals surface area contributed by atoms with Crippen LogP contribution in [-0.2, 0) is 0 Å². The minimum absolute atomic E-state index is 0.635. The Morgan fingerprint density at radius 2 is 2.13 bits per heavy atom. The van der Waals surface area contributed by atoms with E-state index in [4.69, 9.17) is 4.74 Å². The molecule has 82 valence electrons. The molecule has 0 amide bonds. The molecule has 1 aliphatic rings. The van der Waals surface area contributed by atoms with Gasteiger partial charge in [0.15, 0.2) is 0 Å². The fourth-order valence-electron chi connectivity index (χ4n) is 1.68. The molecule has 0 N–H and O–H groups in total. The van der Waals surface area contributed by atoms with Gasteiger partial charge >= 0.3 is 0 Å². The van der Waals surface area contributed by atoms with E-state index in [0.29, 0.717) is 12.5 Å². The molecule has 1 fully saturated rings. The molecule has 2 heterocycles. The molecule has 15 heavy (non-hydrogen) atoms. The molecule has 1 saturated heterocycles. The molecule has 0 aromatic carbocycles. The summed E-state index contributed by atoms with van der Waals surface area (Å²) in [6, 6.07) is 1.78. The highest BCUT2D eigenvalue weighted by atomic mass is 79.9. The summed E-state index contributed by atoms with van der Waals surface area (Å²) in [5.41, 5.74) is 0. The van der Waals surface area contributed by atoms with Crippen molar-refractivity contribution in [2.75, 3.05) is 26.2 Å². The average Bonchev–Trinajstić information content (AvgIpc) is 2.71. The maximum atomic E-state index is 5.53. The molecular formula is C10H14BrN3O. The van der Waals surface area contributed by atoms with Gasteiger partial charge in [0, 0.05) is 12.6 Å². The van der Waals surface area contributed by atoms with Crippen LogP contribution in [-0.4, -0.2) is 41.1 Å². The Hall–Kier alpha value is -0.680. The second-order valence-corrected chi connectivity index (χ2v) is 4.39. The molecule has 1 aromatic rings. The summed E-state index contributed by atoms with van der Waals surface area (Å²) in [5.74, 6) is 0.635. The van der Waals surface area contributed by atoms with Crippen LogP contribution in [0.3, 0.4) is 0 Å². The zero-order valence-electron chi connectivity index (χ0n) is 8.53. The first-order chi connectivity index (χ1) is 7.34. The van der Waals surface area contributed by atoms with Crippen molar-refractivity contribution < 1.29 is 4.74 Å². The Morgan fingerprint density at radius 1 is 1.33 bits per heavy atom. The molecule has 0 spiro atoms. The third kappa shape index (κ3) is 3.43. The summed E-state index contributed by atoms with van der Waals surface area (Å²) in [6.07, 6.45) is 4.13. The number of hydrogen-bond acceptors (Lipinski definition) is 4. The summed E-state index contributed by atoms with van der Waals surface area (Å²) in [4.78, 5) is 10.4. The van der Waals surface area contributed by atoms with Gasteiger partial charge in [-0.05, 0) is 41.9 Å². The Bertz CT molecular complexity index is 315. The van der Waals surface area contributed by atoms with E-state index in [0.717, 1.165) is 11.1 Å². The lowest BCUT2D eigenvalue weighted by Gasteiger charge is -2.14. The molecule has 5 heteroatoms. The number of rotatable bonds is 4. The number of ether oxygens (including phenoxy) is 1. The van der Waals surface area contributed by atoms with Crippen LogP contribution in [0.5, 0.6) is 5.88 Å². The van der Waals surface area contributed by atoms with Gasteiger partial charge in [0.1, 0.15) is 17.5 Å². The third-order valence-corrected chi connectivity index (χ3v) is 2.90. The van der Waals surface area contributed by atoms with Crippen LogP contribution >= 0.6 is 15.9 Å². The van der Waals surface area contributed by atoms with Gasteiger partial charge in [-0.2, -0.15) is 0 Å². The van der Waals surface area contributed by atoms with Gasteiger partial charge in [-0.3, -0.25) is 4.90 Å². The molecule has 0 atom stereocenters. The Kier molecular flexibility index (Phi) is 3.91. The SMILES string of the molecule is Brc1cc(OCCN2CCCC2)ncn1. The third-order valence-electron chi connectivity index (χ3n) is 2.46. The van der Waals surface area contributed by atoms with Crippen molar-refractivity contribution in [3.63, 3.8) is 0 Å². The smallest absolute Gasteiger partial charge is 0.217 e. The van der Waals surface area contributed by atoms with Crippen LogP contribution in [0.15, 0.2) is 17.0 Å². The first-order valence-electron chi connectivity index (χ1n) is 5.17. The van der Waals surface area contributed by atoms with E-state index in [1.54, 1.807) is 6.07 Å². The molecule has 1 aliphatic heterocycles. The van der Waals surface area contributed by atoms with Gasteiger partial charge in [0.25, 0.3) is 0 Å². The maximum Gasteiger partial charge on any atom is 0.217 e. The molecule has 0 radical (unpaired) electrons. The van der Waals surface area contributed by atoms with Gasteiger partial charge in [0.05, 0.1) is 0 Å². The number of hydrogen-bond donors (Lipinski definition) is 0. The minimum Gasteiger partial charge on any atom is -0.476 e. The Balaban J connectivity index is 1.73. The molecule has 0 unspecified atom stereocenters. The summed E-state index contributed by atoms with van der Waals surface area (Å²) in [5, 5.41) is 0. The van der Waals surface area contributed by atoms with E-state index in [1.165, 1.54) is 32.3 Å². The summed E-state index contributed by atoms with van der Waals surface area (Å²) in [6.45, 7) is 4.10. The number of nitrogens with zero attached hydrogens (tertiary/aromatic N) is 3. The molecule has 0 saturated carbocycles. The van der Waals surface area contributed by atoms with E-state index in [-0.39, 0.29) is 0 Å². The van der Waals surface area contributed by atoms with Crippen LogP contribution in [0.25, 0.3) is 0 Å². The predicted molar refractivity (Wildman–Crippen MR) is 60.9 cm³/mol. The average molecular weight is 272 g/mol. The fourth-order valence-corrected chi connectivity index (χ4v) is 1.97. The van der Waals surface area contributed by atoms with Crippen LogP contribution < -0.4 is 4.74 Å². The highest BCUT2D eigenvalue weighted by Gasteiger charge is 2.10. The lowest BCUT2D eigenvalue weighted by molar-refractivity contribution is 0.231. The first kappa shape index (κ1) is 10.8. The predicted octanol–water partition coefficient (Wildman–Crippen LogP) is 1.71. The van der Waals surface area contributed by atoms with E-state index in [1.807, 2.05) is 0 Å². The van der Waals surface area contributed by atoms with Gasteiger partial charge in [-0.1, -0.05) is 0 Å². The van der Waals surface area contributed by atoms with Gasteiger partial charge < -0.3 is 4.74 Å². The van der Waals surface area contributed by atoms with E-state index >= 15 is 0 Å². The van der Waals surface area contributed by atoms with E-state index in [2.05, 4.69) is 30.8 Å². The molecule has 4 nitrogen and oxygen atoms in total. The summed E-state index contributed by atoms with van der Waals surface area (Å²) in [7, 11) is 0. The first-order valence-corrected chi connectivity index (χ1v) is 5.96. The second kappa shape index (κ2) is 5.42. The van der Waals surface area contributed by atoms with Crippen molar-refractivity contribution in [2.45, 2.75) is 12.8 Å². The normalized spacial score (nSPS) is 16.9. The molecule has 2 rings (SSSR count). The van der Waals surface area contributed by atoms with Crippen LogP contribution in [0.2, 0.25) is 0 Å².